The molecular weight excluding hydrogens is 330 g/mol. The van der Waals surface area contributed by atoms with Gasteiger partial charge in [-0.25, -0.2) is 0 Å². The van der Waals surface area contributed by atoms with Crippen molar-refractivity contribution >= 4 is 17.2 Å². The van der Waals surface area contributed by atoms with Crippen LogP contribution in [0.1, 0.15) is 21.7 Å². The molecule has 0 spiro atoms. The summed E-state index contributed by atoms with van der Waals surface area (Å²) in [7, 11) is 0. The van der Waals surface area contributed by atoms with Gasteiger partial charge in [0.15, 0.2) is 23.0 Å². The van der Waals surface area contributed by atoms with Crippen molar-refractivity contribution in [2.75, 3.05) is 26.4 Å². The van der Waals surface area contributed by atoms with E-state index in [0.717, 1.165) is 23.5 Å². The summed E-state index contributed by atoms with van der Waals surface area (Å²) < 4.78 is 22.3. The first-order chi connectivity index (χ1) is 11.8. The van der Waals surface area contributed by atoms with Gasteiger partial charge in [-0.15, -0.1) is 11.3 Å². The summed E-state index contributed by atoms with van der Waals surface area (Å²) >= 11 is 1.33. The van der Waals surface area contributed by atoms with Crippen LogP contribution in [0.4, 0.5) is 0 Å². The van der Waals surface area contributed by atoms with Crippen molar-refractivity contribution in [2.45, 2.75) is 13.0 Å². The first-order valence-corrected chi connectivity index (χ1v) is 8.73. The Labute approximate surface area is 143 Å². The molecule has 2 aromatic rings. The molecule has 0 aliphatic carbocycles. The van der Waals surface area contributed by atoms with Gasteiger partial charge < -0.3 is 24.3 Å². The number of carbonyl (C=O) groups excluding carboxylic acids is 1. The lowest BCUT2D eigenvalue weighted by atomic mass is 10.2. The molecule has 4 rings (SSSR count). The van der Waals surface area contributed by atoms with E-state index in [0.29, 0.717) is 49.3 Å². The number of carbonyl (C=O) groups is 1. The van der Waals surface area contributed by atoms with Gasteiger partial charge in [-0.3, -0.25) is 4.79 Å². The Bertz CT molecular complexity index is 757. The van der Waals surface area contributed by atoms with Crippen molar-refractivity contribution < 1.29 is 23.7 Å². The number of thiophene rings is 1. The molecule has 0 bridgehead atoms. The third-order valence-electron chi connectivity index (χ3n) is 3.77. The van der Waals surface area contributed by atoms with E-state index < -0.39 is 0 Å². The van der Waals surface area contributed by atoms with E-state index in [9.17, 15) is 4.79 Å². The van der Waals surface area contributed by atoms with Crippen LogP contribution in [-0.4, -0.2) is 32.3 Å². The highest BCUT2D eigenvalue weighted by atomic mass is 32.1. The zero-order valence-electron chi connectivity index (χ0n) is 13.0. The zero-order valence-corrected chi connectivity index (χ0v) is 13.8. The van der Waals surface area contributed by atoms with Crippen LogP contribution in [0.15, 0.2) is 23.6 Å². The molecule has 3 heterocycles. The van der Waals surface area contributed by atoms with Gasteiger partial charge in [0.25, 0.3) is 5.91 Å². The van der Waals surface area contributed by atoms with Crippen molar-refractivity contribution in [2.24, 2.45) is 0 Å². The number of nitrogens with one attached hydrogen (secondary N) is 1. The van der Waals surface area contributed by atoms with Gasteiger partial charge in [-0.05, 0) is 17.7 Å². The molecule has 0 radical (unpaired) electrons. The Morgan fingerprint density at radius 2 is 1.79 bits per heavy atom. The number of hydrogen-bond donors (Lipinski definition) is 1. The molecule has 0 atom stereocenters. The average Bonchev–Trinajstić information content (AvgIpc) is 2.91. The first kappa shape index (κ1) is 15.1. The van der Waals surface area contributed by atoms with Crippen molar-refractivity contribution in [3.05, 3.63) is 34.0 Å². The maximum atomic E-state index is 12.4. The quantitative estimate of drug-likeness (QED) is 0.924. The fourth-order valence-electron chi connectivity index (χ4n) is 2.60. The van der Waals surface area contributed by atoms with Crippen molar-refractivity contribution in [1.82, 2.24) is 5.32 Å². The largest absolute Gasteiger partial charge is 0.490 e. The number of benzene rings is 1. The average molecular weight is 347 g/mol. The molecule has 0 fully saturated rings. The highest BCUT2D eigenvalue weighted by Gasteiger charge is 2.23. The third-order valence-corrected chi connectivity index (χ3v) is 4.71. The maximum absolute atomic E-state index is 12.4. The lowest BCUT2D eigenvalue weighted by molar-refractivity contribution is 0.0945. The number of hydrogen-bond acceptors (Lipinski definition) is 6. The van der Waals surface area contributed by atoms with Gasteiger partial charge in [0, 0.05) is 18.3 Å². The van der Waals surface area contributed by atoms with Gasteiger partial charge in [-0.1, -0.05) is 6.07 Å². The minimum absolute atomic E-state index is 0.168. The topological polar surface area (TPSA) is 66.0 Å². The van der Waals surface area contributed by atoms with E-state index in [2.05, 4.69) is 5.32 Å². The smallest absolute Gasteiger partial charge is 0.265 e. The summed E-state index contributed by atoms with van der Waals surface area (Å²) in [5.74, 6) is 2.50. The number of fused-ring (bicyclic) bond motifs is 2. The summed E-state index contributed by atoms with van der Waals surface area (Å²) in [5.41, 5.74) is 0.954. The Hall–Kier alpha value is -2.41. The van der Waals surface area contributed by atoms with Gasteiger partial charge in [-0.2, -0.15) is 0 Å². The molecule has 1 N–H and O–H groups in total. The van der Waals surface area contributed by atoms with E-state index in [4.69, 9.17) is 18.9 Å². The molecule has 6 nitrogen and oxygen atoms in total. The monoisotopic (exact) mass is 347 g/mol. The Morgan fingerprint density at radius 3 is 2.71 bits per heavy atom. The fraction of sp³-hybridized carbons (Fsp3) is 0.353. The van der Waals surface area contributed by atoms with Crippen LogP contribution in [0.2, 0.25) is 0 Å². The lowest BCUT2D eigenvalue weighted by Gasteiger charge is -2.16. The fourth-order valence-corrected chi connectivity index (χ4v) is 3.45. The molecule has 0 saturated carbocycles. The summed E-state index contributed by atoms with van der Waals surface area (Å²) in [6.45, 7) is 2.69. The molecule has 1 aromatic heterocycles. The second-order valence-electron chi connectivity index (χ2n) is 5.47. The van der Waals surface area contributed by atoms with Crippen molar-refractivity contribution in [3.8, 4) is 23.0 Å². The van der Waals surface area contributed by atoms with Gasteiger partial charge >= 0.3 is 0 Å². The van der Waals surface area contributed by atoms with Crippen LogP contribution in [-0.2, 0) is 6.54 Å². The van der Waals surface area contributed by atoms with Crippen molar-refractivity contribution in [3.63, 3.8) is 0 Å². The third kappa shape index (κ3) is 2.99. The second-order valence-corrected chi connectivity index (χ2v) is 6.35. The predicted octanol–water partition coefficient (Wildman–Crippen LogP) is 2.61. The van der Waals surface area contributed by atoms with E-state index in [1.807, 2.05) is 18.2 Å². The molecule has 1 amide bonds. The normalized spacial score (nSPS) is 15.5. The molecule has 24 heavy (non-hydrogen) atoms. The number of rotatable bonds is 3. The SMILES string of the molecule is O=C(NCc1ccc2c(c1)OCCCO2)c1scc2c1OCCO2. The Balaban J connectivity index is 1.44. The standard InChI is InChI=1S/C17H17NO5S/c19-17(16-15-14(10-24-16)22-6-7-23-15)18-9-11-2-3-12-13(8-11)21-5-1-4-20-12/h2-3,8,10H,1,4-7,9H2,(H,18,19). The highest BCUT2D eigenvalue weighted by molar-refractivity contribution is 7.12. The van der Waals surface area contributed by atoms with Gasteiger partial charge in [0.05, 0.1) is 13.2 Å². The number of ether oxygens (including phenoxy) is 4. The summed E-state index contributed by atoms with van der Waals surface area (Å²) in [4.78, 5) is 12.9. The van der Waals surface area contributed by atoms with Crippen LogP contribution < -0.4 is 24.3 Å². The van der Waals surface area contributed by atoms with E-state index in [1.54, 1.807) is 5.38 Å². The molecule has 2 aliphatic heterocycles. The van der Waals surface area contributed by atoms with Gasteiger partial charge in [0.1, 0.15) is 18.1 Å². The Morgan fingerprint density at radius 1 is 1.00 bits per heavy atom. The molecule has 1 aromatic carbocycles. The maximum Gasteiger partial charge on any atom is 0.265 e. The second kappa shape index (κ2) is 6.60. The van der Waals surface area contributed by atoms with Crippen LogP contribution in [0, 0.1) is 0 Å². The van der Waals surface area contributed by atoms with Crippen molar-refractivity contribution in [1.29, 1.82) is 0 Å². The molecule has 2 aliphatic rings. The van der Waals surface area contributed by atoms with E-state index in [-0.39, 0.29) is 5.91 Å². The lowest BCUT2D eigenvalue weighted by Crippen LogP contribution is -2.23. The van der Waals surface area contributed by atoms with Crippen LogP contribution in [0.25, 0.3) is 0 Å². The number of amides is 1. The molecular formula is C17H17NO5S. The first-order valence-electron chi connectivity index (χ1n) is 7.85. The molecule has 0 saturated heterocycles. The Kier molecular flexibility index (Phi) is 4.17. The molecule has 7 heteroatoms. The summed E-state index contributed by atoms with van der Waals surface area (Å²) in [6.07, 6.45) is 0.867. The predicted molar refractivity (Wildman–Crippen MR) is 88.5 cm³/mol. The molecule has 0 unspecified atom stereocenters. The summed E-state index contributed by atoms with van der Waals surface area (Å²) in [5, 5.41) is 4.72. The molecule has 126 valence electrons. The minimum Gasteiger partial charge on any atom is -0.490 e. The van der Waals surface area contributed by atoms with Gasteiger partial charge in [0.2, 0.25) is 0 Å². The highest BCUT2D eigenvalue weighted by Crippen LogP contribution is 2.39. The van der Waals surface area contributed by atoms with E-state index >= 15 is 0 Å². The van der Waals surface area contributed by atoms with E-state index in [1.165, 1.54) is 11.3 Å². The summed E-state index contributed by atoms with van der Waals surface area (Å²) in [6, 6.07) is 5.72. The van der Waals surface area contributed by atoms with Crippen LogP contribution in [0.5, 0.6) is 23.0 Å². The minimum atomic E-state index is -0.168. The van der Waals surface area contributed by atoms with Crippen LogP contribution in [0.3, 0.4) is 0 Å². The zero-order chi connectivity index (χ0) is 16.4. The van der Waals surface area contributed by atoms with Crippen LogP contribution >= 0.6 is 11.3 Å².